The van der Waals surface area contributed by atoms with Crippen LogP contribution in [0.3, 0.4) is 0 Å². The Morgan fingerprint density at radius 2 is 1.00 bits per heavy atom. The summed E-state index contributed by atoms with van der Waals surface area (Å²) in [6.07, 6.45) is 2.19. The van der Waals surface area contributed by atoms with Crippen LogP contribution in [-0.2, 0) is 31.3 Å². The van der Waals surface area contributed by atoms with E-state index in [0.717, 1.165) is 18.9 Å². The molecule has 0 radical (unpaired) electrons. The van der Waals surface area contributed by atoms with Crippen LogP contribution in [0.15, 0.2) is 97.1 Å². The molecule has 4 aromatic carbocycles. The van der Waals surface area contributed by atoms with Crippen molar-refractivity contribution in [2.75, 3.05) is 6.61 Å². The number of benzene rings is 4. The molecule has 0 amide bonds. The molecule has 9 nitrogen and oxygen atoms in total. The van der Waals surface area contributed by atoms with Crippen molar-refractivity contribution in [3.05, 3.63) is 143 Å². The van der Waals surface area contributed by atoms with Crippen molar-refractivity contribution >= 4 is 34.7 Å². The zero-order chi connectivity index (χ0) is 33.5. The Hall–Kier alpha value is -5.09. The van der Waals surface area contributed by atoms with E-state index in [4.69, 9.17) is 5.11 Å². The third-order valence-corrected chi connectivity index (χ3v) is 5.81. The monoisotopic (exact) mass is 654 g/mol. The van der Waals surface area contributed by atoms with Crippen molar-refractivity contribution < 1.29 is 65.8 Å². The first kappa shape index (κ1) is 38.9. The van der Waals surface area contributed by atoms with E-state index in [9.17, 15) is 39.0 Å². The number of phenols is 1. The summed E-state index contributed by atoms with van der Waals surface area (Å²) in [4.78, 5) is 67.8. The normalized spacial score (nSPS) is 10.3. The Morgan fingerprint density at radius 3 is 1.39 bits per heavy atom. The Labute approximate surface area is 281 Å². The van der Waals surface area contributed by atoms with E-state index in [1.807, 2.05) is 12.1 Å². The standard InChI is InChI=1S/C14H8O4.2C10H9O2.C2H5O.Ti/c15-10-6-5-9-11(14(10)18)13(17)8-4-2-1-3-7(8)12(9)16;2*1-8(11)7-10(12)9-5-3-2-4-6-9;1-2-3;/h1-6,15,18H;2*2-7H,1H3;2H2,1H3;/q;3*-1;/p-1. The molecule has 4 aromatic rings. The van der Waals surface area contributed by atoms with Crippen LogP contribution >= 0.6 is 0 Å². The predicted molar refractivity (Wildman–Crippen MR) is 163 cm³/mol. The van der Waals surface area contributed by atoms with Crippen LogP contribution in [0.1, 0.15) is 73.3 Å². The maximum atomic E-state index is 12.2. The van der Waals surface area contributed by atoms with Gasteiger partial charge in [-0.15, -0.1) is 54.8 Å². The zero-order valence-corrected chi connectivity index (χ0v) is 26.9. The van der Waals surface area contributed by atoms with Crippen molar-refractivity contribution in [3.63, 3.8) is 0 Å². The molecule has 10 heteroatoms. The first-order valence-corrected chi connectivity index (χ1v) is 13.6. The van der Waals surface area contributed by atoms with Gasteiger partial charge in [0.25, 0.3) is 0 Å². The first-order chi connectivity index (χ1) is 21.4. The molecule has 0 spiro atoms. The van der Waals surface area contributed by atoms with Crippen LogP contribution in [0, 0.1) is 12.8 Å². The summed E-state index contributed by atoms with van der Waals surface area (Å²) in [5, 5.41) is 30.0. The smallest absolute Gasteiger partial charge is 0.194 e. The molecular formula is C36H30O9Ti-4. The van der Waals surface area contributed by atoms with Crippen LogP contribution in [0.25, 0.3) is 0 Å². The third kappa shape index (κ3) is 11.1. The Bertz CT molecular complexity index is 1620. The maximum Gasteiger partial charge on any atom is 0.194 e. The Balaban J connectivity index is 0.000000337. The number of hydrogen-bond donors (Lipinski definition) is 1. The van der Waals surface area contributed by atoms with Crippen LogP contribution in [0.4, 0.5) is 0 Å². The van der Waals surface area contributed by atoms with Crippen LogP contribution < -0.4 is 10.2 Å². The third-order valence-electron chi connectivity index (χ3n) is 5.81. The summed E-state index contributed by atoms with van der Waals surface area (Å²) in [7, 11) is 0. The van der Waals surface area contributed by atoms with Gasteiger partial charge in [0, 0.05) is 55.5 Å². The van der Waals surface area contributed by atoms with Gasteiger partial charge in [-0.2, -0.15) is 0 Å². The van der Waals surface area contributed by atoms with Gasteiger partial charge in [-0.1, -0.05) is 73.3 Å². The van der Waals surface area contributed by atoms with Crippen LogP contribution in [0.2, 0.25) is 0 Å². The summed E-state index contributed by atoms with van der Waals surface area (Å²) in [6.45, 7) is 4.29. The fourth-order valence-corrected chi connectivity index (χ4v) is 3.89. The number of phenolic OH excluding ortho intramolecular Hbond substituents is 1. The van der Waals surface area contributed by atoms with Crippen LogP contribution in [-0.4, -0.2) is 46.4 Å². The van der Waals surface area contributed by atoms with Gasteiger partial charge in [-0.3, -0.25) is 9.59 Å². The Kier molecular flexibility index (Phi) is 16.4. The minimum Gasteiger partial charge on any atom is -0.869 e. The molecule has 5 rings (SSSR count). The molecule has 0 aromatic heterocycles. The summed E-state index contributed by atoms with van der Waals surface area (Å²) in [6, 6.07) is 26.2. The Morgan fingerprint density at radius 1 is 0.630 bits per heavy atom. The van der Waals surface area contributed by atoms with Crippen molar-refractivity contribution in [1.29, 1.82) is 0 Å². The molecule has 0 saturated carbocycles. The van der Waals surface area contributed by atoms with E-state index in [0.29, 0.717) is 16.7 Å². The number of ketones is 6. The molecule has 0 heterocycles. The number of rotatable bonds is 6. The van der Waals surface area contributed by atoms with Crippen molar-refractivity contribution in [3.8, 4) is 11.5 Å². The summed E-state index contributed by atoms with van der Waals surface area (Å²) < 4.78 is 0. The van der Waals surface area contributed by atoms with Crippen molar-refractivity contribution in [2.24, 2.45) is 0 Å². The van der Waals surface area contributed by atoms with Crippen molar-refractivity contribution in [1.82, 2.24) is 0 Å². The van der Waals surface area contributed by atoms with Gasteiger partial charge in [0.05, 0.1) is 11.6 Å². The average Bonchev–Trinajstić information content (AvgIpc) is 3.02. The molecule has 0 aliphatic heterocycles. The number of Topliss-reactive ketones (excluding diaryl/α,β-unsaturated/α-hetero) is 4. The van der Waals surface area contributed by atoms with Gasteiger partial charge in [-0.05, 0) is 26.0 Å². The van der Waals surface area contributed by atoms with E-state index >= 15 is 0 Å². The minimum absolute atomic E-state index is 0. The molecular weight excluding hydrogens is 624 g/mol. The second kappa shape index (κ2) is 19.3. The SMILES string of the molecule is CC(=O)[CH-]C(=O)c1ccccc1.CC(=O)[CH-]C(=O)c1ccccc1.CC[O-].O=C1c2ccccc2C(=O)c2c1ccc(O)c2[O-].[Ti]. The summed E-state index contributed by atoms with van der Waals surface area (Å²) >= 11 is 0. The summed E-state index contributed by atoms with van der Waals surface area (Å²) in [5.41, 5.74) is 1.42. The van der Waals surface area contributed by atoms with Gasteiger partial charge < -0.3 is 34.5 Å². The topological polar surface area (TPSA) is 169 Å². The van der Waals surface area contributed by atoms with Gasteiger partial charge in [0.1, 0.15) is 5.75 Å². The molecule has 1 aliphatic carbocycles. The minimum atomic E-state index is -0.791. The average molecular weight is 654 g/mol. The maximum absolute atomic E-state index is 12.2. The summed E-state index contributed by atoms with van der Waals surface area (Å²) in [5.74, 6) is -3.09. The van der Waals surface area contributed by atoms with E-state index < -0.39 is 17.3 Å². The molecule has 0 bridgehead atoms. The van der Waals surface area contributed by atoms with Gasteiger partial charge in [0.15, 0.2) is 11.6 Å². The largest absolute Gasteiger partial charge is 0.869 e. The van der Waals surface area contributed by atoms with Gasteiger partial charge >= 0.3 is 0 Å². The molecule has 0 fully saturated rings. The number of carbonyl (C=O) groups excluding carboxylic acids is 6. The fourth-order valence-electron chi connectivity index (χ4n) is 3.89. The molecule has 46 heavy (non-hydrogen) atoms. The molecule has 236 valence electrons. The van der Waals surface area contributed by atoms with Gasteiger partial charge in [-0.25, -0.2) is 0 Å². The molecule has 1 N–H and O–H groups in total. The first-order valence-electron chi connectivity index (χ1n) is 13.6. The number of carbonyl (C=O) groups is 6. The van der Waals surface area contributed by atoms with Gasteiger partial charge in [0.2, 0.25) is 0 Å². The van der Waals surface area contributed by atoms with E-state index in [1.165, 1.54) is 26.0 Å². The number of fused-ring (bicyclic) bond motifs is 2. The second-order valence-corrected chi connectivity index (χ2v) is 9.30. The van der Waals surface area contributed by atoms with Crippen LogP contribution in [0.5, 0.6) is 11.5 Å². The quantitative estimate of drug-likeness (QED) is 0.123. The van der Waals surface area contributed by atoms with E-state index in [1.54, 1.807) is 73.7 Å². The van der Waals surface area contributed by atoms with Crippen molar-refractivity contribution in [2.45, 2.75) is 20.8 Å². The predicted octanol–water partition coefficient (Wildman–Crippen LogP) is 3.93. The molecule has 0 atom stereocenters. The number of aromatic hydroxyl groups is 1. The van der Waals surface area contributed by atoms with E-state index in [2.05, 4.69) is 0 Å². The fraction of sp³-hybridized carbons (Fsp3) is 0.111. The molecule has 0 unspecified atom stereocenters. The zero-order valence-electron chi connectivity index (χ0n) is 25.3. The molecule has 0 saturated heterocycles. The number of hydrogen-bond acceptors (Lipinski definition) is 9. The van der Waals surface area contributed by atoms with E-state index in [-0.39, 0.29) is 73.9 Å². The second-order valence-electron chi connectivity index (χ2n) is 9.30. The molecule has 1 aliphatic rings.